The first-order chi connectivity index (χ1) is 5.13. The van der Waals surface area contributed by atoms with Crippen molar-refractivity contribution in [3.63, 3.8) is 0 Å². The van der Waals surface area contributed by atoms with E-state index >= 15 is 0 Å². The van der Waals surface area contributed by atoms with E-state index in [0.717, 1.165) is 0 Å². The average molecular weight is 152 g/mol. The van der Waals surface area contributed by atoms with Crippen molar-refractivity contribution < 1.29 is 9.52 Å². The zero-order chi connectivity index (χ0) is 8.43. The first kappa shape index (κ1) is 7.53. The van der Waals surface area contributed by atoms with Gasteiger partial charge in [0.15, 0.2) is 5.69 Å². The van der Waals surface area contributed by atoms with Crippen LogP contribution in [-0.2, 0) is 0 Å². The minimum absolute atomic E-state index is 0.0231. The lowest BCUT2D eigenvalue weighted by Gasteiger charge is -2.02. The number of nitrogens with two attached hydrogens (primary N) is 1. The van der Waals surface area contributed by atoms with Gasteiger partial charge < -0.3 is 10.9 Å². The predicted molar refractivity (Wildman–Crippen MR) is 38.7 cm³/mol. The first-order valence-corrected chi connectivity index (χ1v) is 3.12. The van der Waals surface area contributed by atoms with Gasteiger partial charge in [-0.2, -0.15) is 4.73 Å². The molecule has 4 nitrogen and oxygen atoms in total. The highest BCUT2D eigenvalue weighted by molar-refractivity contribution is 5.89. The maximum absolute atomic E-state index is 11.0. The number of aromatic nitrogens is 1. The molecular formula is C7H8N2O2. The van der Waals surface area contributed by atoms with Gasteiger partial charge in [-0.1, -0.05) is 0 Å². The van der Waals surface area contributed by atoms with Crippen molar-refractivity contribution in [2.75, 3.05) is 0 Å². The Morgan fingerprint density at radius 3 is 2.73 bits per heavy atom. The summed E-state index contributed by atoms with van der Waals surface area (Å²) in [5, 5.41) is 11.0. The molecule has 11 heavy (non-hydrogen) atoms. The zero-order valence-corrected chi connectivity index (χ0v) is 6.07. The Labute approximate surface area is 63.8 Å². The maximum Gasteiger partial charge on any atom is 0.314 e. The molecule has 0 aliphatic heterocycles. The van der Waals surface area contributed by atoms with E-state index in [1.807, 2.05) is 0 Å². The van der Waals surface area contributed by atoms with Gasteiger partial charge in [0, 0.05) is 19.1 Å². The van der Waals surface area contributed by atoms with Crippen molar-refractivity contribution in [3.8, 4) is 0 Å². The lowest BCUT2D eigenvalue weighted by molar-refractivity contribution is -0.614. The van der Waals surface area contributed by atoms with Gasteiger partial charge in [0.25, 0.3) is 5.69 Å². The number of hydrogen-bond acceptors (Lipinski definition) is 2. The van der Waals surface area contributed by atoms with Gasteiger partial charge in [0.2, 0.25) is 0 Å². The Kier molecular flexibility index (Phi) is 1.76. The van der Waals surface area contributed by atoms with Gasteiger partial charge in [-0.25, -0.2) is 0 Å². The largest absolute Gasteiger partial charge is 0.618 e. The standard InChI is InChI=1S/C7H8N2O2/c1-5-3-2-4-6(7(8)10)9(5)11/h2-4H,1H3,(H2,8,10). The second kappa shape index (κ2) is 2.57. The summed E-state index contributed by atoms with van der Waals surface area (Å²) in [7, 11) is 0. The molecule has 0 spiro atoms. The van der Waals surface area contributed by atoms with Gasteiger partial charge >= 0.3 is 5.91 Å². The molecule has 0 saturated heterocycles. The fourth-order valence-corrected chi connectivity index (χ4v) is 0.786. The lowest BCUT2D eigenvalue weighted by atomic mass is 10.3. The van der Waals surface area contributed by atoms with E-state index < -0.39 is 5.91 Å². The quantitative estimate of drug-likeness (QED) is 0.444. The number of nitrogens with zero attached hydrogens (tertiary/aromatic N) is 1. The molecule has 0 unspecified atom stereocenters. The van der Waals surface area contributed by atoms with E-state index in [1.165, 1.54) is 6.07 Å². The highest BCUT2D eigenvalue weighted by Crippen LogP contribution is 1.93. The Morgan fingerprint density at radius 2 is 2.27 bits per heavy atom. The monoisotopic (exact) mass is 152 g/mol. The van der Waals surface area contributed by atoms with Gasteiger partial charge in [-0.15, -0.1) is 0 Å². The number of primary amides is 1. The van der Waals surface area contributed by atoms with Crippen LogP contribution in [0.2, 0.25) is 0 Å². The van der Waals surface area contributed by atoms with E-state index in [-0.39, 0.29) is 5.69 Å². The third-order valence-corrected chi connectivity index (χ3v) is 1.38. The number of carbonyl (C=O) groups is 1. The molecule has 2 N–H and O–H groups in total. The molecule has 1 amide bonds. The summed E-state index contributed by atoms with van der Waals surface area (Å²) in [4.78, 5) is 10.6. The van der Waals surface area contributed by atoms with Gasteiger partial charge in [-0.3, -0.25) is 4.79 Å². The summed E-state index contributed by atoms with van der Waals surface area (Å²) in [6, 6.07) is 4.62. The van der Waals surface area contributed by atoms with E-state index in [9.17, 15) is 10.0 Å². The molecular weight excluding hydrogens is 144 g/mol. The van der Waals surface area contributed by atoms with Crippen LogP contribution in [0.5, 0.6) is 0 Å². The van der Waals surface area contributed by atoms with Crippen LogP contribution in [0.15, 0.2) is 18.2 Å². The van der Waals surface area contributed by atoms with Crippen molar-refractivity contribution in [3.05, 3.63) is 34.8 Å². The van der Waals surface area contributed by atoms with Crippen LogP contribution in [0.25, 0.3) is 0 Å². The molecule has 0 atom stereocenters. The summed E-state index contributed by atoms with van der Waals surface area (Å²) >= 11 is 0. The number of rotatable bonds is 1. The van der Waals surface area contributed by atoms with Crippen LogP contribution in [0, 0.1) is 12.1 Å². The Hall–Kier alpha value is -1.58. The van der Waals surface area contributed by atoms with Gasteiger partial charge in [-0.05, 0) is 6.07 Å². The smallest absolute Gasteiger partial charge is 0.314 e. The Morgan fingerprint density at radius 1 is 1.64 bits per heavy atom. The van der Waals surface area contributed by atoms with Crippen LogP contribution in [-0.4, -0.2) is 5.91 Å². The molecule has 58 valence electrons. The molecule has 1 heterocycles. The second-order valence-electron chi connectivity index (χ2n) is 2.21. The van der Waals surface area contributed by atoms with E-state index in [4.69, 9.17) is 5.73 Å². The number of pyridine rings is 1. The zero-order valence-electron chi connectivity index (χ0n) is 6.07. The topological polar surface area (TPSA) is 70.0 Å². The minimum Gasteiger partial charge on any atom is -0.618 e. The first-order valence-electron chi connectivity index (χ1n) is 3.12. The fraction of sp³-hybridized carbons (Fsp3) is 0.143. The SMILES string of the molecule is Cc1cccc(C(N)=O)[n+]1[O-]. The summed E-state index contributed by atoms with van der Waals surface area (Å²) in [6.07, 6.45) is 0. The van der Waals surface area contributed by atoms with Crippen molar-refractivity contribution in [1.29, 1.82) is 0 Å². The fourth-order valence-electron chi connectivity index (χ4n) is 0.786. The summed E-state index contributed by atoms with van der Waals surface area (Å²) in [5.41, 5.74) is 5.36. The number of amides is 1. The molecule has 0 aliphatic rings. The van der Waals surface area contributed by atoms with Crippen LogP contribution in [0.4, 0.5) is 0 Å². The average Bonchev–Trinajstić information content (AvgIpc) is 1.94. The molecule has 0 aromatic carbocycles. The highest BCUT2D eigenvalue weighted by atomic mass is 16.5. The summed E-state index contributed by atoms with van der Waals surface area (Å²) in [6.45, 7) is 1.61. The Balaban J connectivity index is 3.27. The Bertz CT molecular complexity index is 296. The van der Waals surface area contributed by atoms with Crippen molar-refractivity contribution in [2.24, 2.45) is 5.73 Å². The predicted octanol–water partition coefficient (Wildman–Crippen LogP) is -0.273. The van der Waals surface area contributed by atoms with Crippen molar-refractivity contribution in [2.45, 2.75) is 6.92 Å². The van der Waals surface area contributed by atoms with Crippen LogP contribution >= 0.6 is 0 Å². The molecule has 0 bridgehead atoms. The number of carbonyl (C=O) groups excluding carboxylic acids is 1. The van der Waals surface area contributed by atoms with E-state index in [0.29, 0.717) is 10.4 Å². The second-order valence-corrected chi connectivity index (χ2v) is 2.21. The molecule has 1 aromatic heterocycles. The minimum atomic E-state index is -0.705. The van der Waals surface area contributed by atoms with E-state index in [2.05, 4.69) is 0 Å². The van der Waals surface area contributed by atoms with Crippen LogP contribution in [0.1, 0.15) is 16.2 Å². The van der Waals surface area contributed by atoms with Gasteiger partial charge in [0.1, 0.15) is 0 Å². The molecule has 4 heteroatoms. The molecule has 0 radical (unpaired) electrons. The normalized spacial score (nSPS) is 9.55. The highest BCUT2D eigenvalue weighted by Gasteiger charge is 2.11. The summed E-state index contributed by atoms with van der Waals surface area (Å²) in [5.74, 6) is -0.705. The molecule has 1 rings (SSSR count). The molecule has 0 fully saturated rings. The van der Waals surface area contributed by atoms with Crippen LogP contribution < -0.4 is 10.5 Å². The molecule has 1 aromatic rings. The van der Waals surface area contributed by atoms with Crippen molar-refractivity contribution in [1.82, 2.24) is 0 Å². The molecule has 0 saturated carbocycles. The number of hydrogen-bond donors (Lipinski definition) is 1. The maximum atomic E-state index is 11.0. The lowest BCUT2D eigenvalue weighted by Crippen LogP contribution is -2.39. The summed E-state index contributed by atoms with van der Waals surface area (Å²) < 4.78 is 0.516. The molecule has 0 aliphatic carbocycles. The van der Waals surface area contributed by atoms with E-state index in [1.54, 1.807) is 19.1 Å². The number of aryl methyl sites for hydroxylation is 1. The van der Waals surface area contributed by atoms with Crippen LogP contribution in [0.3, 0.4) is 0 Å². The third-order valence-electron chi connectivity index (χ3n) is 1.38. The van der Waals surface area contributed by atoms with Crippen molar-refractivity contribution >= 4 is 5.91 Å². The van der Waals surface area contributed by atoms with Gasteiger partial charge in [0.05, 0.1) is 0 Å². The third kappa shape index (κ3) is 1.29.